The minimum absolute atomic E-state index is 0.00128. The third-order valence-electron chi connectivity index (χ3n) is 4.52. The van der Waals surface area contributed by atoms with Gasteiger partial charge in [0, 0.05) is 30.8 Å². The van der Waals surface area contributed by atoms with Gasteiger partial charge in [-0.25, -0.2) is 8.42 Å². The van der Waals surface area contributed by atoms with Gasteiger partial charge in [-0.15, -0.1) is 0 Å². The van der Waals surface area contributed by atoms with Crippen molar-refractivity contribution in [2.24, 2.45) is 0 Å². The maximum atomic E-state index is 12.6. The molecule has 1 aromatic carbocycles. The number of nitrogens with one attached hydrogen (secondary N) is 1. The van der Waals surface area contributed by atoms with Crippen LogP contribution in [-0.2, 0) is 9.84 Å². The molecule has 1 heterocycles. The summed E-state index contributed by atoms with van der Waals surface area (Å²) in [6.45, 7) is 1.45. The van der Waals surface area contributed by atoms with Crippen molar-refractivity contribution in [2.75, 3.05) is 45.7 Å². The Labute approximate surface area is 155 Å². The standard InChI is InChI=1S/C18H27N3O4S/c1-20(2)10-5-9-19-17(22)14-6-4-7-15(12-14)18(23)21(3)16-8-11-26(24,25)13-16/h4,6-7,12,16H,5,8-11,13H2,1-3H3,(H,19,22). The van der Waals surface area contributed by atoms with E-state index in [2.05, 4.69) is 5.32 Å². The summed E-state index contributed by atoms with van der Waals surface area (Å²) >= 11 is 0. The zero-order valence-corrected chi connectivity index (χ0v) is 16.4. The molecule has 0 aliphatic carbocycles. The first-order valence-corrected chi connectivity index (χ1v) is 10.5. The zero-order valence-electron chi connectivity index (χ0n) is 15.6. The Hall–Kier alpha value is -1.93. The van der Waals surface area contributed by atoms with Gasteiger partial charge < -0.3 is 15.1 Å². The van der Waals surface area contributed by atoms with Crippen molar-refractivity contribution in [1.29, 1.82) is 0 Å². The van der Waals surface area contributed by atoms with Gasteiger partial charge in [0.25, 0.3) is 11.8 Å². The molecule has 1 unspecified atom stereocenters. The van der Waals surface area contributed by atoms with Crippen LogP contribution in [0.3, 0.4) is 0 Å². The van der Waals surface area contributed by atoms with E-state index in [1.165, 1.54) is 4.90 Å². The molecule has 1 aliphatic rings. The Balaban J connectivity index is 1.99. The van der Waals surface area contributed by atoms with Gasteiger partial charge in [-0.05, 0) is 51.7 Å². The summed E-state index contributed by atoms with van der Waals surface area (Å²) in [5.41, 5.74) is 0.811. The first kappa shape index (κ1) is 20.4. The fourth-order valence-corrected chi connectivity index (χ4v) is 4.72. The van der Waals surface area contributed by atoms with Gasteiger partial charge >= 0.3 is 0 Å². The van der Waals surface area contributed by atoms with E-state index in [0.717, 1.165) is 13.0 Å². The number of hydrogen-bond donors (Lipinski definition) is 1. The lowest BCUT2D eigenvalue weighted by atomic mass is 10.1. The second-order valence-corrected chi connectivity index (χ2v) is 9.20. The Morgan fingerprint density at radius 2 is 1.88 bits per heavy atom. The molecule has 26 heavy (non-hydrogen) atoms. The minimum atomic E-state index is -3.06. The number of carbonyl (C=O) groups is 2. The highest BCUT2D eigenvalue weighted by molar-refractivity contribution is 7.91. The van der Waals surface area contributed by atoms with Crippen LogP contribution in [0.5, 0.6) is 0 Å². The van der Waals surface area contributed by atoms with E-state index in [9.17, 15) is 18.0 Å². The highest BCUT2D eigenvalue weighted by atomic mass is 32.2. The summed E-state index contributed by atoms with van der Waals surface area (Å²) < 4.78 is 23.2. The zero-order chi connectivity index (χ0) is 19.3. The average molecular weight is 381 g/mol. The van der Waals surface area contributed by atoms with Crippen molar-refractivity contribution in [2.45, 2.75) is 18.9 Å². The van der Waals surface area contributed by atoms with Crippen LogP contribution in [0.25, 0.3) is 0 Å². The monoisotopic (exact) mass is 381 g/mol. The van der Waals surface area contributed by atoms with E-state index in [1.807, 2.05) is 19.0 Å². The first-order valence-electron chi connectivity index (χ1n) is 8.70. The number of carbonyl (C=O) groups excluding carboxylic acids is 2. The third-order valence-corrected chi connectivity index (χ3v) is 6.27. The lowest BCUT2D eigenvalue weighted by Gasteiger charge is -2.23. The van der Waals surface area contributed by atoms with Gasteiger partial charge in [-0.1, -0.05) is 6.07 Å². The normalized spacial score (nSPS) is 18.7. The van der Waals surface area contributed by atoms with E-state index in [-0.39, 0.29) is 29.4 Å². The molecule has 1 atom stereocenters. The van der Waals surface area contributed by atoms with Gasteiger partial charge in [0.2, 0.25) is 0 Å². The molecule has 2 rings (SSSR count). The van der Waals surface area contributed by atoms with Crippen LogP contribution >= 0.6 is 0 Å². The minimum Gasteiger partial charge on any atom is -0.352 e. The molecule has 1 saturated heterocycles. The number of sulfone groups is 1. The summed E-state index contributed by atoms with van der Waals surface area (Å²) in [5, 5.41) is 2.85. The van der Waals surface area contributed by atoms with Gasteiger partial charge in [-0.3, -0.25) is 9.59 Å². The van der Waals surface area contributed by atoms with E-state index in [0.29, 0.717) is 24.1 Å². The summed E-state index contributed by atoms with van der Waals surface area (Å²) in [6.07, 6.45) is 1.30. The molecule has 1 fully saturated rings. The molecule has 144 valence electrons. The predicted molar refractivity (Wildman–Crippen MR) is 101 cm³/mol. The predicted octanol–water partition coefficient (Wildman–Crippen LogP) is 0.627. The second-order valence-electron chi connectivity index (χ2n) is 6.97. The van der Waals surface area contributed by atoms with E-state index in [1.54, 1.807) is 31.3 Å². The Morgan fingerprint density at radius 1 is 1.19 bits per heavy atom. The highest BCUT2D eigenvalue weighted by Gasteiger charge is 2.33. The van der Waals surface area contributed by atoms with Crippen molar-refractivity contribution in [3.05, 3.63) is 35.4 Å². The highest BCUT2D eigenvalue weighted by Crippen LogP contribution is 2.19. The van der Waals surface area contributed by atoms with Crippen molar-refractivity contribution in [3.63, 3.8) is 0 Å². The fourth-order valence-electron chi connectivity index (χ4n) is 2.94. The quantitative estimate of drug-likeness (QED) is 0.700. The molecule has 1 aromatic rings. The molecule has 0 saturated carbocycles. The number of rotatable bonds is 7. The third kappa shape index (κ3) is 5.54. The Morgan fingerprint density at radius 3 is 2.50 bits per heavy atom. The van der Waals surface area contributed by atoms with Gasteiger partial charge in [0.05, 0.1) is 11.5 Å². The summed E-state index contributed by atoms with van der Waals surface area (Å²) in [6, 6.07) is 6.23. The van der Waals surface area contributed by atoms with E-state index in [4.69, 9.17) is 0 Å². The maximum absolute atomic E-state index is 12.6. The van der Waals surface area contributed by atoms with Crippen molar-refractivity contribution in [3.8, 4) is 0 Å². The molecular weight excluding hydrogens is 354 g/mol. The Kier molecular flexibility index (Phi) is 6.77. The molecule has 0 bridgehead atoms. The molecule has 0 spiro atoms. The summed E-state index contributed by atoms with van der Waals surface area (Å²) in [4.78, 5) is 28.4. The SMILES string of the molecule is CN(C)CCCNC(=O)c1cccc(C(=O)N(C)C2CCS(=O)(=O)C2)c1. The molecule has 2 amide bonds. The lowest BCUT2D eigenvalue weighted by molar-refractivity contribution is 0.0747. The van der Waals surface area contributed by atoms with Crippen LogP contribution in [0.1, 0.15) is 33.6 Å². The maximum Gasteiger partial charge on any atom is 0.253 e. The molecule has 0 radical (unpaired) electrons. The number of amides is 2. The first-order chi connectivity index (χ1) is 12.2. The topological polar surface area (TPSA) is 86.8 Å². The molecule has 1 N–H and O–H groups in total. The lowest BCUT2D eigenvalue weighted by Crippen LogP contribution is -2.38. The largest absolute Gasteiger partial charge is 0.352 e. The Bertz CT molecular complexity index is 761. The number of hydrogen-bond acceptors (Lipinski definition) is 5. The van der Waals surface area contributed by atoms with E-state index >= 15 is 0 Å². The van der Waals surface area contributed by atoms with Gasteiger partial charge in [-0.2, -0.15) is 0 Å². The van der Waals surface area contributed by atoms with E-state index < -0.39 is 9.84 Å². The summed E-state index contributed by atoms with van der Waals surface area (Å²) in [7, 11) is 2.51. The van der Waals surface area contributed by atoms with Crippen molar-refractivity contribution >= 4 is 21.7 Å². The smallest absolute Gasteiger partial charge is 0.253 e. The van der Waals surface area contributed by atoms with Crippen molar-refractivity contribution < 1.29 is 18.0 Å². The van der Waals surface area contributed by atoms with Gasteiger partial charge in [0.15, 0.2) is 9.84 Å². The van der Waals surface area contributed by atoms with Gasteiger partial charge in [0.1, 0.15) is 0 Å². The van der Waals surface area contributed by atoms with Crippen LogP contribution in [-0.4, -0.2) is 81.8 Å². The molecule has 0 aromatic heterocycles. The average Bonchev–Trinajstić information content (AvgIpc) is 2.97. The number of benzene rings is 1. The van der Waals surface area contributed by atoms with Crippen LogP contribution in [0.2, 0.25) is 0 Å². The molecule has 7 nitrogen and oxygen atoms in total. The van der Waals surface area contributed by atoms with Crippen LogP contribution in [0.15, 0.2) is 24.3 Å². The fraction of sp³-hybridized carbons (Fsp3) is 0.556. The second kappa shape index (κ2) is 8.64. The molecule has 1 aliphatic heterocycles. The van der Waals surface area contributed by atoms with Crippen molar-refractivity contribution in [1.82, 2.24) is 15.1 Å². The van der Waals surface area contributed by atoms with Crippen LogP contribution in [0.4, 0.5) is 0 Å². The molecular formula is C18H27N3O4S. The molecule has 8 heteroatoms. The number of nitrogens with zero attached hydrogens (tertiary/aromatic N) is 2. The van der Waals surface area contributed by atoms with Crippen LogP contribution < -0.4 is 5.32 Å². The van der Waals surface area contributed by atoms with Crippen LogP contribution in [0, 0.1) is 0 Å². The summed E-state index contributed by atoms with van der Waals surface area (Å²) in [5.74, 6) is -0.370.